The van der Waals surface area contributed by atoms with E-state index >= 15 is 0 Å². The maximum atomic E-state index is 2.47. The van der Waals surface area contributed by atoms with Crippen molar-refractivity contribution in [2.45, 2.75) is 84.0 Å². The van der Waals surface area contributed by atoms with Gasteiger partial charge < -0.3 is 0 Å². The van der Waals surface area contributed by atoms with Gasteiger partial charge in [0.2, 0.25) is 0 Å². The average molecular weight is 323 g/mol. The Balaban J connectivity index is 1.62. The molecule has 3 rings (SSSR count). The fourth-order valence-corrected chi connectivity index (χ4v) is 4.48. The second-order valence-corrected chi connectivity index (χ2v) is 7.90. The lowest BCUT2D eigenvalue weighted by atomic mass is 9.77. The summed E-state index contributed by atoms with van der Waals surface area (Å²) in [5.41, 5.74) is 3.06. The van der Waals surface area contributed by atoms with Crippen molar-refractivity contribution in [1.82, 2.24) is 0 Å². The first-order valence-corrected chi connectivity index (χ1v) is 10.3. The molecule has 0 N–H and O–H groups in total. The monoisotopic (exact) mass is 322 g/mol. The van der Waals surface area contributed by atoms with E-state index in [0.717, 1.165) is 11.8 Å². The molecule has 1 aliphatic rings. The van der Waals surface area contributed by atoms with Crippen LogP contribution in [0.4, 0.5) is 0 Å². The zero-order valence-corrected chi connectivity index (χ0v) is 15.7. The van der Waals surface area contributed by atoms with E-state index in [1.54, 1.807) is 5.56 Å². The molecule has 130 valence electrons. The normalized spacial score (nSPS) is 21.2. The summed E-state index contributed by atoms with van der Waals surface area (Å²) in [7, 11) is 0. The van der Waals surface area contributed by atoms with Gasteiger partial charge in [-0.15, -0.1) is 0 Å². The lowest BCUT2D eigenvalue weighted by Crippen LogP contribution is -2.13. The molecule has 1 saturated carbocycles. The van der Waals surface area contributed by atoms with Gasteiger partial charge >= 0.3 is 0 Å². The third-order valence-electron chi connectivity index (χ3n) is 6.00. The lowest BCUT2D eigenvalue weighted by molar-refractivity contribution is 0.303. The van der Waals surface area contributed by atoms with Crippen LogP contribution in [-0.4, -0.2) is 0 Å². The molecule has 0 amide bonds. The number of hydrogen-bond acceptors (Lipinski definition) is 0. The van der Waals surface area contributed by atoms with Gasteiger partial charge in [0.15, 0.2) is 0 Å². The van der Waals surface area contributed by atoms with E-state index in [-0.39, 0.29) is 0 Å². The highest BCUT2D eigenvalue weighted by atomic mass is 14.3. The molecule has 1 fully saturated rings. The quantitative estimate of drug-likeness (QED) is 0.459. The van der Waals surface area contributed by atoms with Gasteiger partial charge in [0.25, 0.3) is 0 Å². The SMILES string of the molecule is CCCCC[C@H]1CC[C@H](c2ccc3cc(CCC)ccc3c2)CC1. The van der Waals surface area contributed by atoms with Crippen LogP contribution < -0.4 is 0 Å². The van der Waals surface area contributed by atoms with E-state index in [1.807, 2.05) is 0 Å². The van der Waals surface area contributed by atoms with Crippen LogP contribution in [-0.2, 0) is 6.42 Å². The van der Waals surface area contributed by atoms with Crippen molar-refractivity contribution in [3.8, 4) is 0 Å². The molecule has 0 spiro atoms. The van der Waals surface area contributed by atoms with Gasteiger partial charge in [0.05, 0.1) is 0 Å². The molecule has 0 heteroatoms. The Morgan fingerprint density at radius 2 is 1.54 bits per heavy atom. The Hall–Kier alpha value is -1.30. The summed E-state index contributed by atoms with van der Waals surface area (Å²) >= 11 is 0. The van der Waals surface area contributed by atoms with Crippen molar-refractivity contribution in [3.63, 3.8) is 0 Å². The number of rotatable bonds is 7. The maximum absolute atomic E-state index is 2.47. The second-order valence-electron chi connectivity index (χ2n) is 7.90. The molecule has 0 nitrogen and oxygen atoms in total. The predicted octanol–water partition coefficient (Wildman–Crippen LogP) is 7.65. The van der Waals surface area contributed by atoms with Crippen molar-refractivity contribution in [2.24, 2.45) is 5.92 Å². The van der Waals surface area contributed by atoms with Gasteiger partial charge in [-0.3, -0.25) is 0 Å². The van der Waals surface area contributed by atoms with Gasteiger partial charge in [0.1, 0.15) is 0 Å². The first-order chi connectivity index (χ1) is 11.8. The zero-order chi connectivity index (χ0) is 16.8. The summed E-state index contributed by atoms with van der Waals surface area (Å²) in [4.78, 5) is 0. The van der Waals surface area contributed by atoms with Crippen LogP contribution in [0.3, 0.4) is 0 Å². The summed E-state index contributed by atoms with van der Waals surface area (Å²) in [6.45, 7) is 4.56. The van der Waals surface area contributed by atoms with Gasteiger partial charge in [-0.2, -0.15) is 0 Å². The van der Waals surface area contributed by atoms with Gasteiger partial charge in [-0.05, 0) is 65.8 Å². The zero-order valence-electron chi connectivity index (χ0n) is 15.7. The summed E-state index contributed by atoms with van der Waals surface area (Å²) in [6, 6.07) is 14.3. The van der Waals surface area contributed by atoms with Crippen molar-refractivity contribution < 1.29 is 0 Å². The Morgan fingerprint density at radius 1 is 0.792 bits per heavy atom. The van der Waals surface area contributed by atoms with Crippen LogP contribution in [0.15, 0.2) is 36.4 Å². The maximum Gasteiger partial charge on any atom is -0.0162 e. The third-order valence-corrected chi connectivity index (χ3v) is 6.00. The predicted molar refractivity (Wildman–Crippen MR) is 107 cm³/mol. The standard InChI is InChI=1S/C24H34/c1-3-5-6-8-19-9-12-21(13-10-19)23-16-15-22-17-20(7-4-2)11-14-24(22)18-23/h11,14-19,21H,3-10,12-13H2,1-2H3/t19-,21-. The van der Waals surface area contributed by atoms with Crippen LogP contribution >= 0.6 is 0 Å². The number of fused-ring (bicyclic) bond motifs is 1. The topological polar surface area (TPSA) is 0 Å². The fourth-order valence-electron chi connectivity index (χ4n) is 4.48. The molecule has 2 aromatic rings. The Labute approximate surface area is 148 Å². The van der Waals surface area contributed by atoms with Gasteiger partial charge in [-0.1, -0.05) is 82.3 Å². The molecule has 0 aliphatic heterocycles. The van der Waals surface area contributed by atoms with Gasteiger partial charge in [-0.25, -0.2) is 0 Å². The van der Waals surface area contributed by atoms with E-state index < -0.39 is 0 Å². The Bertz CT molecular complexity index is 632. The van der Waals surface area contributed by atoms with Gasteiger partial charge in [0, 0.05) is 0 Å². The molecule has 2 aromatic carbocycles. The number of unbranched alkanes of at least 4 members (excludes halogenated alkanes) is 2. The summed E-state index contributed by atoms with van der Waals surface area (Å²) < 4.78 is 0. The highest BCUT2D eigenvalue weighted by molar-refractivity contribution is 5.84. The first-order valence-electron chi connectivity index (χ1n) is 10.3. The minimum atomic E-state index is 0.798. The molecule has 0 unspecified atom stereocenters. The lowest BCUT2D eigenvalue weighted by Gasteiger charge is -2.29. The number of hydrogen-bond donors (Lipinski definition) is 0. The Kier molecular flexibility index (Phi) is 6.35. The third kappa shape index (κ3) is 4.41. The van der Waals surface area contributed by atoms with Crippen LogP contribution in [0.5, 0.6) is 0 Å². The number of aryl methyl sites for hydroxylation is 1. The molecule has 0 radical (unpaired) electrons. The van der Waals surface area contributed by atoms with Crippen molar-refractivity contribution >= 4 is 10.8 Å². The highest BCUT2D eigenvalue weighted by Gasteiger charge is 2.22. The summed E-state index contributed by atoms with van der Waals surface area (Å²) in [5, 5.41) is 2.84. The number of benzene rings is 2. The van der Waals surface area contributed by atoms with Crippen LogP contribution in [0, 0.1) is 5.92 Å². The molecular weight excluding hydrogens is 288 g/mol. The molecule has 0 bridgehead atoms. The largest absolute Gasteiger partial charge is 0.0654 e. The first kappa shape index (κ1) is 17.5. The van der Waals surface area contributed by atoms with E-state index in [1.165, 1.54) is 80.5 Å². The van der Waals surface area contributed by atoms with Crippen LogP contribution in [0.2, 0.25) is 0 Å². The van der Waals surface area contributed by atoms with E-state index in [4.69, 9.17) is 0 Å². The minimum absolute atomic E-state index is 0.798. The Morgan fingerprint density at radius 3 is 2.29 bits per heavy atom. The van der Waals surface area contributed by atoms with E-state index in [9.17, 15) is 0 Å². The molecule has 24 heavy (non-hydrogen) atoms. The van der Waals surface area contributed by atoms with E-state index in [0.29, 0.717) is 0 Å². The van der Waals surface area contributed by atoms with Crippen molar-refractivity contribution in [2.75, 3.05) is 0 Å². The van der Waals surface area contributed by atoms with E-state index in [2.05, 4.69) is 50.2 Å². The minimum Gasteiger partial charge on any atom is -0.0654 e. The molecular formula is C24H34. The summed E-state index contributed by atoms with van der Waals surface area (Å²) in [6.07, 6.45) is 13.8. The highest BCUT2D eigenvalue weighted by Crippen LogP contribution is 2.38. The fraction of sp³-hybridized carbons (Fsp3) is 0.583. The van der Waals surface area contributed by atoms with Crippen LogP contribution in [0.1, 0.15) is 88.7 Å². The summed E-state index contributed by atoms with van der Waals surface area (Å²) in [5.74, 6) is 1.80. The molecule has 0 heterocycles. The van der Waals surface area contributed by atoms with Crippen molar-refractivity contribution in [1.29, 1.82) is 0 Å². The van der Waals surface area contributed by atoms with Crippen molar-refractivity contribution in [3.05, 3.63) is 47.5 Å². The smallest absolute Gasteiger partial charge is 0.0162 e. The molecule has 0 saturated heterocycles. The molecule has 1 aliphatic carbocycles. The average Bonchev–Trinajstić information content (AvgIpc) is 2.62. The molecule has 0 aromatic heterocycles. The van der Waals surface area contributed by atoms with Crippen LogP contribution in [0.25, 0.3) is 10.8 Å². The molecule has 0 atom stereocenters. The second kappa shape index (κ2) is 8.70.